The maximum Gasteiger partial charge on any atom is 0.435 e. The van der Waals surface area contributed by atoms with Gasteiger partial charge >= 0.3 is 12.1 Å². The fourth-order valence-corrected chi connectivity index (χ4v) is 1.48. The Morgan fingerprint density at radius 3 is 2.45 bits per heavy atom. The van der Waals surface area contributed by atoms with Crippen LogP contribution >= 0.6 is 0 Å². The molecule has 0 aliphatic carbocycles. The number of nitrogens with one attached hydrogen (secondary N) is 1. The zero-order valence-electron chi connectivity index (χ0n) is 10.8. The van der Waals surface area contributed by atoms with Crippen LogP contribution < -0.4 is 5.32 Å². The number of aromatic nitrogens is 2. The summed E-state index contributed by atoms with van der Waals surface area (Å²) in [7, 11) is 0. The molecule has 0 unspecified atom stereocenters. The number of carbonyl (C=O) groups excluding carboxylic acids is 1. The number of rotatable bonds is 5. The summed E-state index contributed by atoms with van der Waals surface area (Å²) in [5, 5.41) is 14.3. The summed E-state index contributed by atoms with van der Waals surface area (Å²) in [5.41, 5.74) is -1.11. The second-order valence-electron chi connectivity index (χ2n) is 4.52. The van der Waals surface area contributed by atoms with Gasteiger partial charge in [-0.05, 0) is 12.0 Å². The van der Waals surface area contributed by atoms with Gasteiger partial charge < -0.3 is 10.4 Å². The van der Waals surface area contributed by atoms with Gasteiger partial charge in [-0.25, -0.2) is 4.79 Å². The Labute approximate surface area is 112 Å². The van der Waals surface area contributed by atoms with Gasteiger partial charge in [0.05, 0.1) is 0 Å². The lowest BCUT2D eigenvalue weighted by molar-refractivity contribution is -0.143. The molecule has 0 bridgehead atoms. The summed E-state index contributed by atoms with van der Waals surface area (Å²) in [4.78, 5) is 22.5. The molecule has 1 heterocycles. The monoisotopic (exact) mass is 293 g/mol. The van der Waals surface area contributed by atoms with Crippen LogP contribution in [0.15, 0.2) is 12.3 Å². The van der Waals surface area contributed by atoms with Crippen LogP contribution in [0.5, 0.6) is 0 Å². The molecule has 0 aliphatic rings. The van der Waals surface area contributed by atoms with E-state index in [9.17, 15) is 22.8 Å². The lowest BCUT2D eigenvalue weighted by atomic mass is 10.1. The number of alkyl halides is 3. The molecule has 0 fully saturated rings. The number of amides is 1. The Hall–Kier alpha value is -2.06. The largest absolute Gasteiger partial charge is 0.480 e. The first-order valence-corrected chi connectivity index (χ1v) is 5.74. The fraction of sp³-hybridized carbons (Fsp3) is 0.545. The lowest BCUT2D eigenvalue weighted by Crippen LogP contribution is -2.45. The molecule has 112 valence electrons. The van der Waals surface area contributed by atoms with Crippen molar-refractivity contribution >= 4 is 11.9 Å². The molecule has 2 N–H and O–H groups in total. The first-order valence-electron chi connectivity index (χ1n) is 5.74. The standard InChI is InChI=1S/C11H14F3N3O3/c1-6(2)9(10(19)20)15-8(18)5-17-4-3-7(16-17)11(12,13)14/h3-4,6,9H,5H2,1-2H3,(H,15,18)(H,19,20)/t9-/m1/s1. The summed E-state index contributed by atoms with van der Waals surface area (Å²) in [6.45, 7) is 2.73. The molecule has 0 aromatic carbocycles. The second kappa shape index (κ2) is 5.93. The van der Waals surface area contributed by atoms with Crippen molar-refractivity contribution in [2.45, 2.75) is 32.6 Å². The Morgan fingerprint density at radius 2 is 2.05 bits per heavy atom. The van der Waals surface area contributed by atoms with Gasteiger partial charge in [-0.3, -0.25) is 9.48 Å². The van der Waals surface area contributed by atoms with Gasteiger partial charge in [0, 0.05) is 6.20 Å². The van der Waals surface area contributed by atoms with E-state index in [1.165, 1.54) is 0 Å². The van der Waals surface area contributed by atoms with Crippen LogP contribution in [0.1, 0.15) is 19.5 Å². The molecule has 1 rings (SSSR count). The summed E-state index contributed by atoms with van der Waals surface area (Å²) in [6.07, 6.45) is -3.57. The minimum atomic E-state index is -4.58. The second-order valence-corrected chi connectivity index (χ2v) is 4.52. The van der Waals surface area contributed by atoms with Crippen molar-refractivity contribution in [3.05, 3.63) is 18.0 Å². The third-order valence-electron chi connectivity index (χ3n) is 2.49. The maximum absolute atomic E-state index is 12.3. The zero-order chi connectivity index (χ0) is 15.5. The Morgan fingerprint density at radius 1 is 1.45 bits per heavy atom. The van der Waals surface area contributed by atoms with Gasteiger partial charge in [0.2, 0.25) is 5.91 Å². The van der Waals surface area contributed by atoms with Gasteiger partial charge in [0.15, 0.2) is 5.69 Å². The van der Waals surface area contributed by atoms with Crippen LogP contribution in [0.25, 0.3) is 0 Å². The highest BCUT2D eigenvalue weighted by Gasteiger charge is 2.33. The van der Waals surface area contributed by atoms with E-state index in [1.54, 1.807) is 13.8 Å². The van der Waals surface area contributed by atoms with Crippen LogP contribution in [0.4, 0.5) is 13.2 Å². The number of carbonyl (C=O) groups is 2. The Kier molecular flexibility index (Phi) is 4.74. The van der Waals surface area contributed by atoms with Crippen molar-refractivity contribution in [1.29, 1.82) is 0 Å². The van der Waals surface area contributed by atoms with E-state index in [2.05, 4.69) is 10.4 Å². The number of hydrogen-bond acceptors (Lipinski definition) is 3. The fourth-order valence-electron chi connectivity index (χ4n) is 1.48. The lowest BCUT2D eigenvalue weighted by Gasteiger charge is -2.17. The first-order chi connectivity index (χ1) is 9.11. The molecule has 0 radical (unpaired) electrons. The van der Waals surface area contributed by atoms with E-state index in [1.807, 2.05) is 0 Å². The number of aliphatic carboxylic acids is 1. The number of nitrogens with zero attached hydrogens (tertiary/aromatic N) is 2. The third-order valence-corrected chi connectivity index (χ3v) is 2.49. The Bertz CT molecular complexity index is 497. The highest BCUT2D eigenvalue weighted by molar-refractivity contribution is 5.83. The van der Waals surface area contributed by atoms with Crippen LogP contribution in [-0.4, -0.2) is 32.8 Å². The van der Waals surface area contributed by atoms with E-state index < -0.39 is 36.3 Å². The van der Waals surface area contributed by atoms with Gasteiger partial charge in [0.1, 0.15) is 12.6 Å². The van der Waals surface area contributed by atoms with E-state index in [4.69, 9.17) is 5.11 Å². The molecule has 0 spiro atoms. The van der Waals surface area contributed by atoms with Crippen molar-refractivity contribution in [3.8, 4) is 0 Å². The molecule has 1 aromatic heterocycles. The Balaban J connectivity index is 2.67. The van der Waals surface area contributed by atoms with Crippen LogP contribution in [-0.2, 0) is 22.3 Å². The van der Waals surface area contributed by atoms with Crippen molar-refractivity contribution in [2.24, 2.45) is 5.92 Å². The van der Waals surface area contributed by atoms with E-state index in [0.717, 1.165) is 16.9 Å². The minimum Gasteiger partial charge on any atom is -0.480 e. The quantitative estimate of drug-likeness (QED) is 0.852. The molecule has 1 atom stereocenters. The molecule has 6 nitrogen and oxygen atoms in total. The van der Waals surface area contributed by atoms with Crippen LogP contribution in [0.2, 0.25) is 0 Å². The van der Waals surface area contributed by atoms with E-state index >= 15 is 0 Å². The summed E-state index contributed by atoms with van der Waals surface area (Å²) in [5.74, 6) is -2.27. The molecular formula is C11H14F3N3O3. The summed E-state index contributed by atoms with van der Waals surface area (Å²) < 4.78 is 37.7. The van der Waals surface area contributed by atoms with Crippen LogP contribution in [0.3, 0.4) is 0 Å². The minimum absolute atomic E-state index is 0.347. The smallest absolute Gasteiger partial charge is 0.435 e. The van der Waals surface area contributed by atoms with Gasteiger partial charge in [-0.15, -0.1) is 0 Å². The molecule has 1 amide bonds. The third kappa shape index (κ3) is 4.25. The van der Waals surface area contributed by atoms with Gasteiger partial charge in [-0.1, -0.05) is 13.8 Å². The van der Waals surface area contributed by atoms with Crippen molar-refractivity contribution in [3.63, 3.8) is 0 Å². The predicted molar refractivity (Wildman–Crippen MR) is 61.6 cm³/mol. The molecule has 9 heteroatoms. The topological polar surface area (TPSA) is 84.2 Å². The van der Waals surface area contributed by atoms with Crippen LogP contribution in [0, 0.1) is 5.92 Å². The first kappa shape index (κ1) is 16.0. The number of hydrogen-bond donors (Lipinski definition) is 2. The molecule has 0 aliphatic heterocycles. The highest BCUT2D eigenvalue weighted by Crippen LogP contribution is 2.27. The predicted octanol–water partition coefficient (Wildman–Crippen LogP) is 1.13. The summed E-state index contributed by atoms with van der Waals surface area (Å²) >= 11 is 0. The number of carboxylic acid groups (broad SMARTS) is 1. The zero-order valence-corrected chi connectivity index (χ0v) is 10.8. The van der Waals surface area contributed by atoms with Gasteiger partial charge in [0.25, 0.3) is 0 Å². The van der Waals surface area contributed by atoms with Gasteiger partial charge in [-0.2, -0.15) is 18.3 Å². The molecule has 0 saturated carbocycles. The van der Waals surface area contributed by atoms with Crippen molar-refractivity contribution in [1.82, 2.24) is 15.1 Å². The maximum atomic E-state index is 12.3. The number of carboxylic acids is 1. The SMILES string of the molecule is CC(C)[C@@H](NC(=O)Cn1ccc(C(F)(F)F)n1)C(=O)O. The normalized spacial score (nSPS) is 13.3. The highest BCUT2D eigenvalue weighted by atomic mass is 19.4. The van der Waals surface area contributed by atoms with Crippen molar-refractivity contribution in [2.75, 3.05) is 0 Å². The average molecular weight is 293 g/mol. The average Bonchev–Trinajstić information content (AvgIpc) is 2.73. The molecule has 0 saturated heterocycles. The molecular weight excluding hydrogens is 279 g/mol. The number of halogens is 3. The van der Waals surface area contributed by atoms with Crippen molar-refractivity contribution < 1.29 is 27.9 Å². The van der Waals surface area contributed by atoms with E-state index in [0.29, 0.717) is 0 Å². The molecule has 20 heavy (non-hydrogen) atoms. The summed E-state index contributed by atoms with van der Waals surface area (Å²) in [6, 6.07) is -0.357. The molecule has 1 aromatic rings. The van der Waals surface area contributed by atoms with E-state index in [-0.39, 0.29) is 5.92 Å².